The van der Waals surface area contributed by atoms with Crippen LogP contribution in [0.2, 0.25) is 0 Å². The van der Waals surface area contributed by atoms with Gasteiger partial charge in [0, 0.05) is 30.0 Å². The van der Waals surface area contributed by atoms with Crippen LogP contribution >= 0.6 is 0 Å². The third-order valence-corrected chi connectivity index (χ3v) is 3.81. The molecule has 2 rings (SSSR count). The molecule has 1 amide bonds. The number of carbonyl (C=O) groups excluding carboxylic acids is 1. The van der Waals surface area contributed by atoms with Crippen molar-refractivity contribution in [2.24, 2.45) is 0 Å². The van der Waals surface area contributed by atoms with Gasteiger partial charge in [-0.1, -0.05) is 19.9 Å². The van der Waals surface area contributed by atoms with E-state index in [4.69, 9.17) is 4.74 Å². The molecule has 2 aromatic rings. The van der Waals surface area contributed by atoms with Crippen molar-refractivity contribution >= 4 is 17.3 Å². The van der Waals surface area contributed by atoms with E-state index >= 15 is 0 Å². The lowest BCUT2D eigenvalue weighted by Gasteiger charge is -2.24. The number of amides is 1. The summed E-state index contributed by atoms with van der Waals surface area (Å²) in [6.07, 6.45) is 2.24. The van der Waals surface area contributed by atoms with Gasteiger partial charge in [0.2, 0.25) is 0 Å². The molecule has 0 aromatic heterocycles. The summed E-state index contributed by atoms with van der Waals surface area (Å²) >= 11 is 0. The lowest BCUT2D eigenvalue weighted by Crippen LogP contribution is -2.24. The molecule has 0 saturated carbocycles. The molecule has 0 atom stereocenters. The first-order valence-corrected chi connectivity index (χ1v) is 8.48. The van der Waals surface area contributed by atoms with Gasteiger partial charge in [-0.2, -0.15) is 0 Å². The average Bonchev–Trinajstić information content (AvgIpc) is 2.62. The number of nitrogens with one attached hydrogen (secondary N) is 1. The Kier molecular flexibility index (Phi) is 6.67. The summed E-state index contributed by atoms with van der Waals surface area (Å²) in [5.74, 6) is 0.536. The third kappa shape index (κ3) is 4.75. The second-order valence-electron chi connectivity index (χ2n) is 5.72. The SMILES string of the molecule is CCCN(CCC)c1ccc(NC(=O)c2cccc(OC)c2)cc1. The molecule has 0 bridgehead atoms. The molecule has 0 radical (unpaired) electrons. The molecule has 0 saturated heterocycles. The second-order valence-corrected chi connectivity index (χ2v) is 5.72. The van der Waals surface area contributed by atoms with Gasteiger partial charge in [-0.3, -0.25) is 4.79 Å². The van der Waals surface area contributed by atoms with Crippen LogP contribution in [-0.4, -0.2) is 26.1 Å². The van der Waals surface area contributed by atoms with Crippen LogP contribution in [0.4, 0.5) is 11.4 Å². The molecule has 24 heavy (non-hydrogen) atoms. The van der Waals surface area contributed by atoms with Crippen LogP contribution in [-0.2, 0) is 0 Å². The first-order chi connectivity index (χ1) is 11.7. The summed E-state index contributed by atoms with van der Waals surface area (Å²) in [6.45, 7) is 6.46. The molecule has 4 nitrogen and oxygen atoms in total. The molecule has 0 unspecified atom stereocenters. The molecule has 1 N–H and O–H groups in total. The van der Waals surface area contributed by atoms with Gasteiger partial charge >= 0.3 is 0 Å². The van der Waals surface area contributed by atoms with Crippen LogP contribution in [0.15, 0.2) is 48.5 Å². The minimum Gasteiger partial charge on any atom is -0.497 e. The van der Waals surface area contributed by atoms with Crippen molar-refractivity contribution in [2.45, 2.75) is 26.7 Å². The van der Waals surface area contributed by atoms with E-state index in [1.807, 2.05) is 24.3 Å². The summed E-state index contributed by atoms with van der Waals surface area (Å²) in [6, 6.07) is 15.2. The molecular formula is C20H26N2O2. The molecule has 128 valence electrons. The molecule has 0 aliphatic rings. The Labute approximate surface area is 144 Å². The minimum atomic E-state index is -0.138. The van der Waals surface area contributed by atoms with Gasteiger partial charge in [0.05, 0.1) is 7.11 Å². The van der Waals surface area contributed by atoms with Gasteiger partial charge in [-0.15, -0.1) is 0 Å². The van der Waals surface area contributed by atoms with E-state index in [9.17, 15) is 4.79 Å². The van der Waals surface area contributed by atoms with Crippen molar-refractivity contribution < 1.29 is 9.53 Å². The standard InChI is InChI=1S/C20H26N2O2/c1-4-13-22(14-5-2)18-11-9-17(10-12-18)21-20(23)16-7-6-8-19(15-16)24-3/h6-12,15H,4-5,13-14H2,1-3H3,(H,21,23). The van der Waals surface area contributed by atoms with Crippen molar-refractivity contribution in [1.29, 1.82) is 0 Å². The maximum absolute atomic E-state index is 12.3. The van der Waals surface area contributed by atoms with Gasteiger partial charge in [0.1, 0.15) is 5.75 Å². The lowest BCUT2D eigenvalue weighted by atomic mass is 10.2. The summed E-state index contributed by atoms with van der Waals surface area (Å²) < 4.78 is 5.16. The maximum atomic E-state index is 12.3. The van der Waals surface area contributed by atoms with Crippen LogP contribution in [0.3, 0.4) is 0 Å². The predicted octanol–water partition coefficient (Wildman–Crippen LogP) is 4.57. The van der Waals surface area contributed by atoms with Crippen LogP contribution in [0.1, 0.15) is 37.0 Å². The zero-order valence-corrected chi connectivity index (χ0v) is 14.7. The molecule has 4 heteroatoms. The van der Waals surface area contributed by atoms with E-state index in [0.29, 0.717) is 11.3 Å². The Morgan fingerprint density at radius 3 is 2.29 bits per heavy atom. The average molecular weight is 326 g/mol. The summed E-state index contributed by atoms with van der Waals surface area (Å²) in [7, 11) is 1.59. The fourth-order valence-corrected chi connectivity index (χ4v) is 2.63. The first-order valence-electron chi connectivity index (χ1n) is 8.48. The zero-order valence-electron chi connectivity index (χ0n) is 14.7. The predicted molar refractivity (Wildman–Crippen MR) is 100 cm³/mol. The second kappa shape index (κ2) is 8.96. The first kappa shape index (κ1) is 17.9. The Morgan fingerprint density at radius 1 is 1.04 bits per heavy atom. The van der Waals surface area contributed by atoms with E-state index < -0.39 is 0 Å². The summed E-state index contributed by atoms with van der Waals surface area (Å²) in [4.78, 5) is 14.7. The van der Waals surface area contributed by atoms with Crippen molar-refractivity contribution in [1.82, 2.24) is 0 Å². The van der Waals surface area contributed by atoms with E-state index in [1.165, 1.54) is 5.69 Å². The number of rotatable bonds is 8. The number of benzene rings is 2. The Morgan fingerprint density at radius 2 is 1.71 bits per heavy atom. The van der Waals surface area contributed by atoms with Crippen molar-refractivity contribution in [3.63, 3.8) is 0 Å². The molecule has 0 fully saturated rings. The van der Waals surface area contributed by atoms with Crippen molar-refractivity contribution in [3.05, 3.63) is 54.1 Å². The minimum absolute atomic E-state index is 0.138. The number of carbonyl (C=O) groups is 1. The fourth-order valence-electron chi connectivity index (χ4n) is 2.63. The van der Waals surface area contributed by atoms with E-state index in [2.05, 4.69) is 36.2 Å². The summed E-state index contributed by atoms with van der Waals surface area (Å²) in [5, 5.41) is 2.93. The highest BCUT2D eigenvalue weighted by Gasteiger charge is 2.08. The smallest absolute Gasteiger partial charge is 0.255 e. The van der Waals surface area contributed by atoms with Crippen LogP contribution in [0, 0.1) is 0 Å². The Hall–Kier alpha value is -2.49. The Bertz CT molecular complexity index is 647. The Balaban J connectivity index is 2.06. The molecule has 0 spiro atoms. The van der Waals surface area contributed by atoms with E-state index in [1.54, 1.807) is 19.2 Å². The number of methoxy groups -OCH3 is 1. The van der Waals surface area contributed by atoms with E-state index in [-0.39, 0.29) is 5.91 Å². The maximum Gasteiger partial charge on any atom is 0.255 e. The lowest BCUT2D eigenvalue weighted by molar-refractivity contribution is 0.102. The monoisotopic (exact) mass is 326 g/mol. The van der Waals surface area contributed by atoms with Crippen LogP contribution in [0.25, 0.3) is 0 Å². The number of nitrogens with zero attached hydrogens (tertiary/aromatic N) is 1. The van der Waals surface area contributed by atoms with Crippen LogP contribution in [0.5, 0.6) is 5.75 Å². The number of ether oxygens (including phenoxy) is 1. The fraction of sp³-hybridized carbons (Fsp3) is 0.350. The van der Waals surface area contributed by atoms with Gasteiger partial charge in [0.25, 0.3) is 5.91 Å². The molecule has 2 aromatic carbocycles. The largest absolute Gasteiger partial charge is 0.497 e. The molecule has 0 aliphatic heterocycles. The highest BCUT2D eigenvalue weighted by Crippen LogP contribution is 2.20. The van der Waals surface area contributed by atoms with Gasteiger partial charge < -0.3 is 15.0 Å². The molecular weight excluding hydrogens is 300 g/mol. The molecule has 0 aliphatic carbocycles. The van der Waals surface area contributed by atoms with Crippen molar-refractivity contribution in [3.8, 4) is 5.75 Å². The van der Waals surface area contributed by atoms with Gasteiger partial charge in [0.15, 0.2) is 0 Å². The number of anilines is 2. The highest BCUT2D eigenvalue weighted by atomic mass is 16.5. The number of hydrogen-bond acceptors (Lipinski definition) is 3. The van der Waals surface area contributed by atoms with Gasteiger partial charge in [-0.05, 0) is 55.3 Å². The van der Waals surface area contributed by atoms with Crippen LogP contribution < -0.4 is 15.0 Å². The normalized spacial score (nSPS) is 10.3. The number of hydrogen-bond donors (Lipinski definition) is 1. The third-order valence-electron chi connectivity index (χ3n) is 3.81. The van der Waals surface area contributed by atoms with Crippen molar-refractivity contribution in [2.75, 3.05) is 30.4 Å². The quantitative estimate of drug-likeness (QED) is 0.772. The van der Waals surface area contributed by atoms with E-state index in [0.717, 1.165) is 31.6 Å². The molecule has 0 heterocycles. The topological polar surface area (TPSA) is 41.6 Å². The highest BCUT2D eigenvalue weighted by molar-refractivity contribution is 6.04. The zero-order chi connectivity index (χ0) is 17.4. The van der Waals surface area contributed by atoms with Gasteiger partial charge in [-0.25, -0.2) is 0 Å². The summed E-state index contributed by atoms with van der Waals surface area (Å²) in [5.41, 5.74) is 2.56.